The second-order valence-electron chi connectivity index (χ2n) is 11.3. The van der Waals surface area contributed by atoms with Gasteiger partial charge in [0.15, 0.2) is 28.8 Å². The van der Waals surface area contributed by atoms with E-state index < -0.39 is 0 Å². The maximum absolute atomic E-state index is 6.68. The second kappa shape index (κ2) is 16.9. The van der Waals surface area contributed by atoms with E-state index in [0.717, 1.165) is 68.3 Å². The molecule has 0 aliphatic carbocycles. The van der Waals surface area contributed by atoms with Crippen molar-refractivity contribution in [3.05, 3.63) is 65.2 Å². The number of hydrogen-bond donors (Lipinski definition) is 1. The molecule has 0 atom stereocenters. The van der Waals surface area contributed by atoms with Gasteiger partial charge in [-0.1, -0.05) is 23.7 Å². The molecule has 46 heavy (non-hydrogen) atoms. The first-order valence-electron chi connectivity index (χ1n) is 16.3. The number of hydrazone groups is 1. The first-order chi connectivity index (χ1) is 22.6. The summed E-state index contributed by atoms with van der Waals surface area (Å²) in [5.41, 5.74) is 4.99. The Morgan fingerprint density at radius 1 is 0.870 bits per heavy atom. The normalized spacial score (nSPS) is 15.1. The molecular weight excluding hydrogens is 604 g/mol. The highest BCUT2D eigenvalue weighted by molar-refractivity contribution is 6.32. The maximum atomic E-state index is 6.68. The predicted molar refractivity (Wildman–Crippen MR) is 186 cm³/mol. The third-order valence-electron chi connectivity index (χ3n) is 7.94. The molecule has 2 aliphatic heterocycles. The van der Waals surface area contributed by atoms with Crippen LogP contribution in [0.25, 0.3) is 0 Å². The molecule has 0 saturated carbocycles. The van der Waals surface area contributed by atoms with E-state index in [2.05, 4.69) is 26.9 Å². The molecule has 246 valence electrons. The largest absolute Gasteiger partial charge is 0.493 e. The fraction of sp³-hybridized carbons (Fsp3) is 0.457. The summed E-state index contributed by atoms with van der Waals surface area (Å²) in [4.78, 5) is 14.4. The van der Waals surface area contributed by atoms with Crippen LogP contribution in [0, 0.1) is 0 Å². The molecule has 3 aromatic rings. The fourth-order valence-electron chi connectivity index (χ4n) is 5.66. The Morgan fingerprint density at radius 2 is 1.61 bits per heavy atom. The van der Waals surface area contributed by atoms with E-state index in [4.69, 9.17) is 40.5 Å². The molecule has 2 aliphatic rings. The van der Waals surface area contributed by atoms with Crippen molar-refractivity contribution in [2.45, 2.75) is 51.9 Å². The number of nitrogens with zero attached hydrogens (tertiary/aromatic N) is 5. The minimum atomic E-state index is 0.263. The van der Waals surface area contributed by atoms with Crippen LogP contribution in [0.5, 0.6) is 23.0 Å². The van der Waals surface area contributed by atoms with Gasteiger partial charge in [0, 0.05) is 32.2 Å². The predicted octanol–water partition coefficient (Wildman–Crippen LogP) is 7.15. The van der Waals surface area contributed by atoms with Crippen LogP contribution in [0.15, 0.2) is 54.2 Å². The number of hydrogen-bond acceptors (Lipinski definition) is 10. The Bertz CT molecular complexity index is 1440. The molecule has 10 nitrogen and oxygen atoms in total. The van der Waals surface area contributed by atoms with Crippen LogP contribution >= 0.6 is 11.6 Å². The Kier molecular flexibility index (Phi) is 12.2. The molecule has 0 unspecified atom stereocenters. The van der Waals surface area contributed by atoms with Crippen LogP contribution in [0.3, 0.4) is 0 Å². The quantitative estimate of drug-likeness (QED) is 0.0798. The van der Waals surface area contributed by atoms with Gasteiger partial charge in [0.25, 0.3) is 0 Å². The third kappa shape index (κ3) is 8.96. The highest BCUT2D eigenvalue weighted by atomic mass is 35.5. The summed E-state index contributed by atoms with van der Waals surface area (Å²) in [6.45, 7) is 10.7. The zero-order valence-electron chi connectivity index (χ0n) is 27.0. The summed E-state index contributed by atoms with van der Waals surface area (Å²) in [5.74, 6) is 4.67. The number of aromatic nitrogens is 2. The number of allylic oxidation sites excluding steroid dienone is 1. The third-order valence-corrected chi connectivity index (χ3v) is 8.22. The summed E-state index contributed by atoms with van der Waals surface area (Å²) in [7, 11) is 1.62. The van der Waals surface area contributed by atoms with Gasteiger partial charge in [-0.2, -0.15) is 15.1 Å². The van der Waals surface area contributed by atoms with Gasteiger partial charge >= 0.3 is 0 Å². The molecule has 3 heterocycles. The number of halogens is 1. The lowest BCUT2D eigenvalue weighted by Crippen LogP contribution is -2.33. The van der Waals surface area contributed by atoms with E-state index >= 15 is 0 Å². The summed E-state index contributed by atoms with van der Waals surface area (Å²) in [6.07, 6.45) is 11.5. The van der Waals surface area contributed by atoms with Crippen molar-refractivity contribution in [3.8, 4) is 23.0 Å². The lowest BCUT2D eigenvalue weighted by Gasteiger charge is -2.31. The molecule has 2 saturated heterocycles. The Labute approximate surface area is 277 Å². The van der Waals surface area contributed by atoms with E-state index in [0.29, 0.717) is 47.1 Å². The van der Waals surface area contributed by atoms with E-state index in [1.165, 1.54) is 25.7 Å². The molecule has 1 N–H and O–H groups in total. The smallest absolute Gasteiger partial charge is 0.229 e. The van der Waals surface area contributed by atoms with Gasteiger partial charge in [0.2, 0.25) is 5.95 Å². The lowest BCUT2D eigenvalue weighted by molar-refractivity contribution is 0.203. The van der Waals surface area contributed by atoms with Crippen molar-refractivity contribution >= 4 is 35.4 Å². The number of methoxy groups -OCH3 is 1. The zero-order chi connectivity index (χ0) is 32.1. The molecule has 0 bridgehead atoms. The minimum Gasteiger partial charge on any atom is -0.493 e. The van der Waals surface area contributed by atoms with E-state index in [-0.39, 0.29) is 6.61 Å². The van der Waals surface area contributed by atoms with E-state index in [1.807, 2.05) is 43.3 Å². The maximum Gasteiger partial charge on any atom is 0.229 e. The van der Waals surface area contributed by atoms with E-state index in [9.17, 15) is 0 Å². The van der Waals surface area contributed by atoms with Crippen LogP contribution in [-0.4, -0.2) is 69.3 Å². The van der Waals surface area contributed by atoms with Gasteiger partial charge in [0.1, 0.15) is 19.0 Å². The topological polar surface area (TPSA) is 93.6 Å². The van der Waals surface area contributed by atoms with Crippen molar-refractivity contribution in [1.82, 2.24) is 9.97 Å². The average Bonchev–Trinajstić information content (AvgIpc) is 3.09. The van der Waals surface area contributed by atoms with Gasteiger partial charge in [-0.05, 0) is 87.3 Å². The summed E-state index contributed by atoms with van der Waals surface area (Å²) in [5, 5.41) is 4.92. The lowest BCUT2D eigenvalue weighted by atomic mass is 10.1. The summed E-state index contributed by atoms with van der Waals surface area (Å²) in [6, 6.07) is 11.5. The first kappa shape index (κ1) is 33.2. The standard InChI is InChI=1S/C35H45ClN6O4/c1-4-12-26-13-14-29(30(22-26)43-3)45-19-20-46-34-28(36)21-27(23-31(34)44-5-2)25-37-40-32-24-33(41-15-8-6-9-16-41)39-35(38-32)42-17-10-7-11-18-42/h4,13-14,21-25H,1,5-12,15-20H2,2-3H3,(H,38,39,40)/b37-25-. The fourth-order valence-corrected chi connectivity index (χ4v) is 5.93. The molecule has 2 aromatic carbocycles. The van der Waals surface area contributed by atoms with Gasteiger partial charge in [-0.15, -0.1) is 6.58 Å². The molecule has 0 spiro atoms. The molecule has 11 heteroatoms. The molecule has 0 radical (unpaired) electrons. The Balaban J connectivity index is 1.24. The summed E-state index contributed by atoms with van der Waals surface area (Å²) < 4.78 is 23.3. The molecule has 0 amide bonds. The molecule has 5 rings (SSSR count). The van der Waals surface area contributed by atoms with Crippen LogP contribution in [0.2, 0.25) is 5.02 Å². The SMILES string of the molecule is C=CCc1ccc(OCCOc2c(Cl)cc(/C=N\Nc3cc(N4CCCCC4)nc(N4CCCCC4)n3)cc2OCC)c(OC)c1. The van der Waals surface area contributed by atoms with Crippen LogP contribution < -0.4 is 34.2 Å². The van der Waals surface area contributed by atoms with Crippen LogP contribution in [0.4, 0.5) is 17.6 Å². The van der Waals surface area contributed by atoms with Crippen LogP contribution in [-0.2, 0) is 6.42 Å². The monoisotopic (exact) mass is 648 g/mol. The van der Waals surface area contributed by atoms with Gasteiger partial charge in [-0.3, -0.25) is 5.43 Å². The zero-order valence-corrected chi connectivity index (χ0v) is 27.7. The first-order valence-corrected chi connectivity index (χ1v) is 16.6. The molecule has 2 fully saturated rings. The van der Waals surface area contributed by atoms with Gasteiger partial charge in [-0.25, -0.2) is 0 Å². The number of rotatable bonds is 15. The highest BCUT2D eigenvalue weighted by Crippen LogP contribution is 2.37. The number of ether oxygens (including phenoxy) is 4. The average molecular weight is 649 g/mol. The second-order valence-corrected chi connectivity index (χ2v) is 11.7. The number of piperidine rings is 2. The molecule has 1 aromatic heterocycles. The van der Waals surface area contributed by atoms with Gasteiger partial charge in [0.05, 0.1) is 25.0 Å². The van der Waals surface area contributed by atoms with Crippen molar-refractivity contribution in [2.24, 2.45) is 5.10 Å². The van der Waals surface area contributed by atoms with E-state index in [1.54, 1.807) is 19.4 Å². The number of nitrogens with one attached hydrogen (secondary N) is 1. The van der Waals surface area contributed by atoms with Crippen molar-refractivity contribution in [2.75, 3.05) is 68.3 Å². The van der Waals surface area contributed by atoms with Crippen LogP contribution in [0.1, 0.15) is 56.6 Å². The minimum absolute atomic E-state index is 0.263. The highest BCUT2D eigenvalue weighted by Gasteiger charge is 2.19. The van der Waals surface area contributed by atoms with Crippen molar-refractivity contribution in [3.63, 3.8) is 0 Å². The van der Waals surface area contributed by atoms with Crippen molar-refractivity contribution < 1.29 is 18.9 Å². The summed E-state index contributed by atoms with van der Waals surface area (Å²) >= 11 is 6.68. The number of anilines is 3. The molecular formula is C35H45ClN6O4. The van der Waals surface area contributed by atoms with Gasteiger partial charge < -0.3 is 28.7 Å². The van der Waals surface area contributed by atoms with Crippen molar-refractivity contribution in [1.29, 1.82) is 0 Å². The Hall–Kier alpha value is -4.18. The number of benzene rings is 2. The Morgan fingerprint density at radius 3 is 2.33 bits per heavy atom.